The van der Waals surface area contributed by atoms with Crippen molar-refractivity contribution in [2.75, 3.05) is 6.61 Å². The summed E-state index contributed by atoms with van der Waals surface area (Å²) in [6.07, 6.45) is 0.399. The molecule has 0 atom stereocenters. The van der Waals surface area contributed by atoms with Gasteiger partial charge in [-0.2, -0.15) is 5.26 Å². The van der Waals surface area contributed by atoms with Crippen LogP contribution in [0, 0.1) is 11.3 Å². The molecule has 0 radical (unpaired) electrons. The lowest BCUT2D eigenvalue weighted by atomic mass is 10.3. The van der Waals surface area contributed by atoms with E-state index in [1.54, 1.807) is 0 Å². The van der Waals surface area contributed by atoms with Gasteiger partial charge in [0.1, 0.15) is 6.61 Å². The first-order valence-corrected chi connectivity index (χ1v) is 5.07. The van der Waals surface area contributed by atoms with Crippen molar-refractivity contribution in [3.63, 3.8) is 0 Å². The molecule has 0 saturated heterocycles. The summed E-state index contributed by atoms with van der Waals surface area (Å²) in [5.41, 5.74) is 0.949. The number of aromatic nitrogens is 1. The highest BCUT2D eigenvalue weighted by molar-refractivity contribution is 7.20. The van der Waals surface area contributed by atoms with Gasteiger partial charge in [0, 0.05) is 0 Å². The second-order valence-corrected chi connectivity index (χ2v) is 3.70. The molecule has 1 aromatic heterocycles. The average Bonchev–Trinajstić information content (AvgIpc) is 2.60. The van der Waals surface area contributed by atoms with Gasteiger partial charge in [-0.25, -0.2) is 4.98 Å². The van der Waals surface area contributed by atoms with Crippen molar-refractivity contribution < 1.29 is 4.74 Å². The van der Waals surface area contributed by atoms with Crippen LogP contribution in [0.15, 0.2) is 24.3 Å². The lowest BCUT2D eigenvalue weighted by molar-refractivity contribution is 0.325. The third-order valence-electron chi connectivity index (χ3n) is 1.71. The Morgan fingerprint density at radius 3 is 3.07 bits per heavy atom. The molecule has 14 heavy (non-hydrogen) atoms. The molecule has 0 fully saturated rings. The molecule has 0 spiro atoms. The third-order valence-corrected chi connectivity index (χ3v) is 2.66. The van der Waals surface area contributed by atoms with Crippen molar-refractivity contribution in [1.82, 2.24) is 4.98 Å². The van der Waals surface area contributed by atoms with Crippen molar-refractivity contribution in [1.29, 1.82) is 5.26 Å². The zero-order chi connectivity index (χ0) is 9.80. The lowest BCUT2D eigenvalue weighted by Crippen LogP contribution is -1.94. The molecule has 0 aliphatic heterocycles. The van der Waals surface area contributed by atoms with E-state index in [4.69, 9.17) is 10.00 Å². The second kappa shape index (κ2) is 4.07. The van der Waals surface area contributed by atoms with E-state index in [0.717, 1.165) is 10.2 Å². The molecule has 0 saturated carbocycles. The first-order valence-electron chi connectivity index (χ1n) is 4.25. The molecular formula is C10H8N2OS. The van der Waals surface area contributed by atoms with Gasteiger partial charge in [-0.1, -0.05) is 23.5 Å². The van der Waals surface area contributed by atoms with Crippen LogP contribution < -0.4 is 4.74 Å². The van der Waals surface area contributed by atoms with Crippen molar-refractivity contribution in [3.8, 4) is 11.3 Å². The fourth-order valence-corrected chi connectivity index (χ4v) is 1.94. The monoisotopic (exact) mass is 204 g/mol. The number of rotatable bonds is 3. The van der Waals surface area contributed by atoms with E-state index in [1.807, 2.05) is 30.3 Å². The maximum absolute atomic E-state index is 8.34. The number of para-hydroxylation sites is 1. The number of fused-ring (bicyclic) bond motifs is 1. The smallest absolute Gasteiger partial charge is 0.274 e. The highest BCUT2D eigenvalue weighted by atomic mass is 32.1. The summed E-state index contributed by atoms with van der Waals surface area (Å²) < 4.78 is 6.43. The Kier molecular flexibility index (Phi) is 2.61. The van der Waals surface area contributed by atoms with Gasteiger partial charge in [-0.15, -0.1) is 0 Å². The van der Waals surface area contributed by atoms with E-state index in [0.29, 0.717) is 18.2 Å². The summed E-state index contributed by atoms with van der Waals surface area (Å²) in [5, 5.41) is 8.98. The van der Waals surface area contributed by atoms with Gasteiger partial charge in [0.05, 0.1) is 22.7 Å². The molecule has 1 aromatic carbocycles. The zero-order valence-corrected chi connectivity index (χ0v) is 8.25. The Balaban J connectivity index is 2.15. The zero-order valence-electron chi connectivity index (χ0n) is 7.43. The maximum Gasteiger partial charge on any atom is 0.274 e. The van der Waals surface area contributed by atoms with Crippen LogP contribution in [0.1, 0.15) is 6.42 Å². The van der Waals surface area contributed by atoms with E-state index in [9.17, 15) is 0 Å². The fourth-order valence-electron chi connectivity index (χ4n) is 1.10. The number of benzene rings is 1. The van der Waals surface area contributed by atoms with Gasteiger partial charge in [0.15, 0.2) is 0 Å². The Bertz CT molecular complexity index is 439. The van der Waals surface area contributed by atoms with E-state index < -0.39 is 0 Å². The summed E-state index contributed by atoms with van der Waals surface area (Å²) >= 11 is 1.50. The molecule has 0 N–H and O–H groups in total. The van der Waals surface area contributed by atoms with Crippen molar-refractivity contribution in [2.45, 2.75) is 6.42 Å². The van der Waals surface area contributed by atoms with E-state index >= 15 is 0 Å². The number of thiazole rings is 1. The minimum atomic E-state index is 0.399. The predicted molar refractivity (Wildman–Crippen MR) is 55.3 cm³/mol. The lowest BCUT2D eigenvalue weighted by Gasteiger charge is -1.94. The highest BCUT2D eigenvalue weighted by Crippen LogP contribution is 2.27. The number of nitrogens with zero attached hydrogens (tertiary/aromatic N) is 2. The fraction of sp³-hybridized carbons (Fsp3) is 0.200. The van der Waals surface area contributed by atoms with Crippen LogP contribution in [-0.2, 0) is 0 Å². The summed E-state index contributed by atoms with van der Waals surface area (Å²) in [6.45, 7) is 0.413. The molecule has 0 aliphatic rings. The topological polar surface area (TPSA) is 45.9 Å². The second-order valence-electron chi connectivity index (χ2n) is 2.70. The average molecular weight is 204 g/mol. The van der Waals surface area contributed by atoms with Gasteiger partial charge in [-0.3, -0.25) is 0 Å². The van der Waals surface area contributed by atoms with Crippen LogP contribution in [0.3, 0.4) is 0 Å². The van der Waals surface area contributed by atoms with Crippen molar-refractivity contribution >= 4 is 21.6 Å². The van der Waals surface area contributed by atoms with Crippen LogP contribution in [0.5, 0.6) is 5.19 Å². The summed E-state index contributed by atoms with van der Waals surface area (Å²) in [4.78, 5) is 4.27. The molecular weight excluding hydrogens is 196 g/mol. The minimum absolute atomic E-state index is 0.399. The molecule has 0 bridgehead atoms. The molecule has 2 aromatic rings. The van der Waals surface area contributed by atoms with Gasteiger partial charge in [0.2, 0.25) is 0 Å². The van der Waals surface area contributed by atoms with E-state index in [2.05, 4.69) is 4.98 Å². The standard InChI is InChI=1S/C10H8N2OS/c11-6-3-7-13-10-12-8-4-1-2-5-9(8)14-10/h1-2,4-5H,3,7H2. The number of nitriles is 1. The molecule has 70 valence electrons. The van der Waals surface area contributed by atoms with Gasteiger partial charge < -0.3 is 4.74 Å². The quantitative estimate of drug-likeness (QED) is 0.722. The molecule has 3 nitrogen and oxygen atoms in total. The summed E-state index contributed by atoms with van der Waals surface area (Å²) in [5.74, 6) is 0. The Hall–Kier alpha value is -1.60. The van der Waals surface area contributed by atoms with Crippen LogP contribution >= 0.6 is 11.3 Å². The molecule has 0 aliphatic carbocycles. The first kappa shape index (κ1) is 8.97. The third kappa shape index (κ3) is 1.83. The maximum atomic E-state index is 8.34. The van der Waals surface area contributed by atoms with Crippen LogP contribution in [0.2, 0.25) is 0 Å². The minimum Gasteiger partial charge on any atom is -0.469 e. The van der Waals surface area contributed by atoms with Gasteiger partial charge >= 0.3 is 0 Å². The Labute approximate surface area is 85.6 Å². The molecule has 1 heterocycles. The van der Waals surface area contributed by atoms with Crippen LogP contribution in [0.4, 0.5) is 0 Å². The molecule has 0 unspecified atom stereocenters. The Morgan fingerprint density at radius 2 is 2.29 bits per heavy atom. The summed E-state index contributed by atoms with van der Waals surface area (Å²) in [7, 11) is 0. The number of hydrogen-bond acceptors (Lipinski definition) is 4. The van der Waals surface area contributed by atoms with Crippen LogP contribution in [0.25, 0.3) is 10.2 Å². The normalized spacial score (nSPS) is 9.93. The Morgan fingerprint density at radius 1 is 1.43 bits per heavy atom. The van der Waals surface area contributed by atoms with Crippen molar-refractivity contribution in [2.24, 2.45) is 0 Å². The van der Waals surface area contributed by atoms with Gasteiger partial charge in [0.25, 0.3) is 5.19 Å². The summed E-state index contributed by atoms with van der Waals surface area (Å²) in [6, 6.07) is 9.89. The van der Waals surface area contributed by atoms with Gasteiger partial charge in [-0.05, 0) is 12.1 Å². The predicted octanol–water partition coefficient (Wildman–Crippen LogP) is 2.59. The highest BCUT2D eigenvalue weighted by Gasteiger charge is 2.02. The molecule has 0 amide bonds. The largest absolute Gasteiger partial charge is 0.469 e. The van der Waals surface area contributed by atoms with Crippen molar-refractivity contribution in [3.05, 3.63) is 24.3 Å². The number of hydrogen-bond donors (Lipinski definition) is 0. The first-order chi connectivity index (χ1) is 6.90. The SMILES string of the molecule is N#CCCOc1nc2ccccc2s1. The molecule has 4 heteroatoms. The van der Waals surface area contributed by atoms with E-state index in [1.165, 1.54) is 11.3 Å². The van der Waals surface area contributed by atoms with E-state index in [-0.39, 0.29) is 0 Å². The van der Waals surface area contributed by atoms with Crippen LogP contribution in [-0.4, -0.2) is 11.6 Å². The molecule has 2 rings (SSSR count). The number of ether oxygens (including phenoxy) is 1.